The zero-order chi connectivity index (χ0) is 18.0. The lowest BCUT2D eigenvalue weighted by molar-refractivity contribution is 0.222. The topological polar surface area (TPSA) is 44.4 Å². The van der Waals surface area contributed by atoms with Gasteiger partial charge in [0, 0.05) is 6.54 Å². The lowest BCUT2D eigenvalue weighted by atomic mass is 9.99. The molecule has 0 atom stereocenters. The minimum Gasteiger partial charge on any atom is -0.338 e. The van der Waals surface area contributed by atoms with Crippen LogP contribution in [0.25, 0.3) is 0 Å². The maximum atomic E-state index is 12.4. The summed E-state index contributed by atoms with van der Waals surface area (Å²) in [7, 11) is 0. The van der Waals surface area contributed by atoms with Crippen LogP contribution in [0.2, 0.25) is 0 Å². The number of carbonyl (C=O) groups excluding carboxylic acids is 1. The minimum atomic E-state index is -0.139. The Morgan fingerprint density at radius 1 is 0.885 bits per heavy atom. The van der Waals surface area contributed by atoms with E-state index >= 15 is 0 Å². The van der Waals surface area contributed by atoms with Crippen LogP contribution in [-0.4, -0.2) is 37.1 Å². The molecule has 0 aliphatic carbocycles. The first-order valence-corrected chi connectivity index (χ1v) is 9.69. The molecule has 26 heavy (non-hydrogen) atoms. The van der Waals surface area contributed by atoms with Gasteiger partial charge >= 0.3 is 6.03 Å². The molecule has 3 rings (SSSR count). The van der Waals surface area contributed by atoms with Gasteiger partial charge in [0.05, 0.1) is 6.04 Å². The number of hydrogen-bond donors (Lipinski definition) is 2. The van der Waals surface area contributed by atoms with Crippen molar-refractivity contribution in [3.63, 3.8) is 0 Å². The molecule has 1 saturated heterocycles. The van der Waals surface area contributed by atoms with E-state index in [1.54, 1.807) is 0 Å². The van der Waals surface area contributed by atoms with E-state index < -0.39 is 0 Å². The normalized spacial score (nSPS) is 15.0. The Morgan fingerprint density at radius 2 is 1.46 bits per heavy atom. The fourth-order valence-electron chi connectivity index (χ4n) is 3.52. The van der Waals surface area contributed by atoms with Gasteiger partial charge in [-0.2, -0.15) is 0 Å². The molecule has 2 amide bonds. The van der Waals surface area contributed by atoms with E-state index in [-0.39, 0.29) is 12.1 Å². The summed E-state index contributed by atoms with van der Waals surface area (Å²) in [5.41, 5.74) is 2.17. The van der Waals surface area contributed by atoms with E-state index in [0.29, 0.717) is 6.54 Å². The Kier molecular flexibility index (Phi) is 7.08. The van der Waals surface area contributed by atoms with Crippen molar-refractivity contribution < 1.29 is 4.79 Å². The predicted molar refractivity (Wildman–Crippen MR) is 106 cm³/mol. The van der Waals surface area contributed by atoms with Crippen LogP contribution in [0, 0.1) is 0 Å². The molecule has 0 unspecified atom stereocenters. The van der Waals surface area contributed by atoms with Gasteiger partial charge in [0.1, 0.15) is 0 Å². The summed E-state index contributed by atoms with van der Waals surface area (Å²) >= 11 is 0. The standard InChI is InChI=1S/C22H29N3O/c26-22(23-15-10-18-25-16-8-3-9-17-25)24-21(19-11-4-1-5-12-19)20-13-6-2-7-14-20/h1-2,4-7,11-14,21H,3,8-10,15-18H2,(H2,23,24,26). The van der Waals surface area contributed by atoms with E-state index in [9.17, 15) is 4.79 Å². The highest BCUT2D eigenvalue weighted by Gasteiger charge is 2.16. The molecule has 2 aromatic carbocycles. The summed E-state index contributed by atoms with van der Waals surface area (Å²) in [5.74, 6) is 0. The number of carbonyl (C=O) groups is 1. The molecule has 1 aliphatic heterocycles. The van der Waals surface area contributed by atoms with Crippen molar-refractivity contribution in [3.8, 4) is 0 Å². The maximum absolute atomic E-state index is 12.4. The number of piperidine rings is 1. The summed E-state index contributed by atoms with van der Waals surface area (Å²) < 4.78 is 0. The van der Waals surface area contributed by atoms with Gasteiger partial charge in [-0.05, 0) is 50.0 Å². The second-order valence-electron chi connectivity index (χ2n) is 6.91. The van der Waals surface area contributed by atoms with Crippen LogP contribution in [0.1, 0.15) is 42.9 Å². The number of urea groups is 1. The molecule has 1 aliphatic rings. The molecular weight excluding hydrogens is 322 g/mol. The molecule has 1 fully saturated rings. The molecule has 2 N–H and O–H groups in total. The van der Waals surface area contributed by atoms with E-state index in [1.807, 2.05) is 60.7 Å². The summed E-state index contributed by atoms with van der Waals surface area (Å²) in [5, 5.41) is 6.14. The molecule has 0 aromatic heterocycles. The zero-order valence-corrected chi connectivity index (χ0v) is 15.4. The van der Waals surface area contributed by atoms with Crippen molar-refractivity contribution in [2.75, 3.05) is 26.2 Å². The van der Waals surface area contributed by atoms with Crippen molar-refractivity contribution in [1.82, 2.24) is 15.5 Å². The first kappa shape index (κ1) is 18.5. The quantitative estimate of drug-likeness (QED) is 0.742. The average Bonchev–Trinajstić information content (AvgIpc) is 2.71. The Bertz CT molecular complexity index is 614. The molecular formula is C22H29N3O. The molecule has 0 radical (unpaired) electrons. The van der Waals surface area contributed by atoms with Crippen molar-refractivity contribution in [3.05, 3.63) is 71.8 Å². The fourth-order valence-corrected chi connectivity index (χ4v) is 3.52. The summed E-state index contributed by atoms with van der Waals surface area (Å²) in [4.78, 5) is 14.9. The second kappa shape index (κ2) is 9.97. The Labute approximate surface area is 156 Å². The maximum Gasteiger partial charge on any atom is 0.315 e. The third-order valence-corrected chi connectivity index (χ3v) is 4.93. The number of amides is 2. The van der Waals surface area contributed by atoms with E-state index in [0.717, 1.165) is 24.1 Å². The molecule has 1 heterocycles. The van der Waals surface area contributed by atoms with Gasteiger partial charge in [0.2, 0.25) is 0 Å². The lowest BCUT2D eigenvalue weighted by Gasteiger charge is -2.26. The molecule has 4 nitrogen and oxygen atoms in total. The monoisotopic (exact) mass is 351 g/mol. The lowest BCUT2D eigenvalue weighted by Crippen LogP contribution is -2.40. The van der Waals surface area contributed by atoms with Gasteiger partial charge in [-0.1, -0.05) is 67.1 Å². The van der Waals surface area contributed by atoms with Crippen molar-refractivity contribution in [1.29, 1.82) is 0 Å². The van der Waals surface area contributed by atoms with Gasteiger partial charge in [-0.25, -0.2) is 4.79 Å². The van der Waals surface area contributed by atoms with E-state index in [1.165, 1.54) is 32.4 Å². The Hall–Kier alpha value is -2.33. The zero-order valence-electron chi connectivity index (χ0n) is 15.4. The number of likely N-dealkylation sites (tertiary alicyclic amines) is 1. The Balaban J connectivity index is 1.51. The van der Waals surface area contributed by atoms with Crippen molar-refractivity contribution in [2.24, 2.45) is 0 Å². The second-order valence-corrected chi connectivity index (χ2v) is 6.91. The van der Waals surface area contributed by atoms with Gasteiger partial charge in [0.15, 0.2) is 0 Å². The third-order valence-electron chi connectivity index (χ3n) is 4.93. The number of rotatable bonds is 7. The molecule has 0 bridgehead atoms. The first-order valence-electron chi connectivity index (χ1n) is 9.69. The molecule has 138 valence electrons. The number of hydrogen-bond acceptors (Lipinski definition) is 2. The smallest absolute Gasteiger partial charge is 0.315 e. The van der Waals surface area contributed by atoms with Crippen molar-refractivity contribution in [2.45, 2.75) is 31.7 Å². The van der Waals surface area contributed by atoms with Gasteiger partial charge in [-0.3, -0.25) is 0 Å². The van der Waals surface area contributed by atoms with Crippen molar-refractivity contribution >= 4 is 6.03 Å². The van der Waals surface area contributed by atoms with E-state index in [2.05, 4.69) is 15.5 Å². The highest BCUT2D eigenvalue weighted by molar-refractivity contribution is 5.75. The predicted octanol–water partition coefficient (Wildman–Crippen LogP) is 3.95. The summed E-state index contributed by atoms with van der Waals surface area (Å²) in [6.07, 6.45) is 4.97. The molecule has 4 heteroatoms. The van der Waals surface area contributed by atoms with Crippen LogP contribution < -0.4 is 10.6 Å². The SMILES string of the molecule is O=C(NCCCN1CCCCC1)NC(c1ccccc1)c1ccccc1. The molecule has 2 aromatic rings. The molecule has 0 saturated carbocycles. The minimum absolute atomic E-state index is 0.110. The van der Waals surface area contributed by atoms with Gasteiger partial charge in [0.25, 0.3) is 0 Å². The van der Waals surface area contributed by atoms with Gasteiger partial charge < -0.3 is 15.5 Å². The highest BCUT2D eigenvalue weighted by Crippen LogP contribution is 2.21. The van der Waals surface area contributed by atoms with E-state index in [4.69, 9.17) is 0 Å². The fraction of sp³-hybridized carbons (Fsp3) is 0.409. The van der Waals surface area contributed by atoms with Crippen LogP contribution in [-0.2, 0) is 0 Å². The first-order chi connectivity index (χ1) is 12.8. The highest BCUT2D eigenvalue weighted by atomic mass is 16.2. The van der Waals surface area contributed by atoms with Crippen LogP contribution in [0.15, 0.2) is 60.7 Å². The number of benzene rings is 2. The third kappa shape index (κ3) is 5.60. The van der Waals surface area contributed by atoms with Crippen LogP contribution in [0.4, 0.5) is 4.79 Å². The Morgan fingerprint density at radius 3 is 2.04 bits per heavy atom. The van der Waals surface area contributed by atoms with Gasteiger partial charge in [-0.15, -0.1) is 0 Å². The largest absolute Gasteiger partial charge is 0.338 e. The van der Waals surface area contributed by atoms with Crippen LogP contribution in [0.5, 0.6) is 0 Å². The number of nitrogens with zero attached hydrogens (tertiary/aromatic N) is 1. The number of nitrogens with one attached hydrogen (secondary N) is 2. The average molecular weight is 351 g/mol. The molecule has 0 spiro atoms. The van der Waals surface area contributed by atoms with Crippen LogP contribution >= 0.6 is 0 Å². The summed E-state index contributed by atoms with van der Waals surface area (Å²) in [6, 6.07) is 19.9. The summed E-state index contributed by atoms with van der Waals surface area (Å²) in [6.45, 7) is 4.19. The van der Waals surface area contributed by atoms with Crippen LogP contribution in [0.3, 0.4) is 0 Å².